The molecule has 0 radical (unpaired) electrons. The Hall–Kier alpha value is -2.25. The normalized spacial score (nSPS) is 20.4. The summed E-state index contributed by atoms with van der Waals surface area (Å²) < 4.78 is 0. The van der Waals surface area contributed by atoms with E-state index >= 15 is 0 Å². The highest BCUT2D eigenvalue weighted by Gasteiger charge is 2.22. The van der Waals surface area contributed by atoms with Crippen LogP contribution in [0.25, 0.3) is 0 Å². The van der Waals surface area contributed by atoms with Gasteiger partial charge in [0.05, 0.1) is 11.8 Å². The maximum absolute atomic E-state index is 12.1. The molecule has 2 heterocycles. The van der Waals surface area contributed by atoms with Crippen molar-refractivity contribution in [1.82, 2.24) is 15.1 Å². The molecule has 5 N–H and O–H groups in total. The van der Waals surface area contributed by atoms with E-state index in [1.807, 2.05) is 0 Å². The smallest absolute Gasteiger partial charge is 0.323 e. The van der Waals surface area contributed by atoms with Crippen LogP contribution in [0.15, 0.2) is 11.4 Å². The van der Waals surface area contributed by atoms with Crippen molar-refractivity contribution in [2.24, 2.45) is 16.8 Å². The Balaban J connectivity index is 2.05. The lowest BCUT2D eigenvalue weighted by Gasteiger charge is -2.30. The lowest BCUT2D eigenvalue weighted by atomic mass is 10.0. The minimum absolute atomic E-state index is 0.101. The summed E-state index contributed by atoms with van der Waals surface area (Å²) in [4.78, 5) is 13.9. The molecule has 2 rings (SSSR count). The molecular weight excluding hydrogens is 248 g/mol. The third kappa shape index (κ3) is 2.95. The number of nitrogens with one attached hydrogen (secondary N) is 2. The molecule has 1 aliphatic heterocycles. The number of aromatic nitrogens is 2. The summed E-state index contributed by atoms with van der Waals surface area (Å²) in [5, 5.41) is 20.6. The van der Waals surface area contributed by atoms with Crippen molar-refractivity contribution in [2.45, 2.75) is 19.8 Å². The quantitative estimate of drug-likeness (QED) is 0.273. The van der Waals surface area contributed by atoms with Gasteiger partial charge in [-0.1, -0.05) is 12.1 Å². The highest BCUT2D eigenvalue weighted by molar-refractivity contribution is 6.04. The minimum atomic E-state index is -0.206. The number of rotatable bonds is 2. The maximum Gasteiger partial charge on any atom is 0.323 e. The van der Waals surface area contributed by atoms with E-state index in [0.717, 1.165) is 25.9 Å². The first kappa shape index (κ1) is 13.2. The van der Waals surface area contributed by atoms with Gasteiger partial charge in [0.2, 0.25) is 0 Å². The number of anilines is 1. The molecule has 2 amide bonds. The van der Waals surface area contributed by atoms with Gasteiger partial charge in [-0.3, -0.25) is 10.4 Å². The fourth-order valence-electron chi connectivity index (χ4n) is 2.19. The van der Waals surface area contributed by atoms with Crippen LogP contribution >= 0.6 is 0 Å². The number of likely N-dealkylation sites (tertiary alicyclic amines) is 1. The summed E-state index contributed by atoms with van der Waals surface area (Å²) in [5.41, 5.74) is 5.85. The van der Waals surface area contributed by atoms with E-state index in [1.165, 1.54) is 6.20 Å². The first-order valence-electron chi connectivity index (χ1n) is 6.19. The lowest BCUT2D eigenvalue weighted by molar-refractivity contribution is 0.182. The van der Waals surface area contributed by atoms with Crippen LogP contribution in [-0.2, 0) is 0 Å². The number of aromatic amines is 1. The van der Waals surface area contributed by atoms with Gasteiger partial charge < -0.3 is 15.8 Å². The molecule has 1 fully saturated rings. The molecule has 1 aromatic heterocycles. The number of nitrogens with two attached hydrogens (primary N) is 1. The van der Waals surface area contributed by atoms with E-state index in [0.29, 0.717) is 17.3 Å². The third-order valence-corrected chi connectivity index (χ3v) is 3.20. The molecule has 1 saturated heterocycles. The Morgan fingerprint density at radius 3 is 3.21 bits per heavy atom. The Kier molecular flexibility index (Phi) is 3.88. The fourth-order valence-corrected chi connectivity index (χ4v) is 2.19. The third-order valence-electron chi connectivity index (χ3n) is 3.20. The first-order chi connectivity index (χ1) is 9.11. The van der Waals surface area contributed by atoms with E-state index in [9.17, 15) is 4.79 Å². The van der Waals surface area contributed by atoms with Crippen LogP contribution in [-0.4, -0.2) is 45.3 Å². The largest absolute Gasteiger partial charge is 0.409 e. The number of oxime groups is 1. The van der Waals surface area contributed by atoms with E-state index in [1.54, 1.807) is 4.90 Å². The second-order valence-electron chi connectivity index (χ2n) is 4.77. The number of urea groups is 1. The van der Waals surface area contributed by atoms with Crippen molar-refractivity contribution in [2.75, 3.05) is 18.4 Å². The van der Waals surface area contributed by atoms with Crippen molar-refractivity contribution in [1.29, 1.82) is 0 Å². The van der Waals surface area contributed by atoms with Crippen LogP contribution in [0.1, 0.15) is 25.3 Å². The number of H-pyrrole nitrogens is 1. The predicted octanol–water partition coefficient (Wildman–Crippen LogP) is 0.768. The second kappa shape index (κ2) is 5.59. The Bertz CT molecular complexity index is 483. The number of hydrogen-bond acceptors (Lipinski definition) is 4. The van der Waals surface area contributed by atoms with Gasteiger partial charge in [0.1, 0.15) is 5.82 Å². The average molecular weight is 266 g/mol. The Labute approximate surface area is 110 Å². The van der Waals surface area contributed by atoms with Crippen molar-refractivity contribution >= 4 is 17.7 Å². The maximum atomic E-state index is 12.1. The summed E-state index contributed by atoms with van der Waals surface area (Å²) in [6.45, 7) is 3.60. The van der Waals surface area contributed by atoms with Gasteiger partial charge in [-0.25, -0.2) is 4.79 Å². The van der Waals surface area contributed by atoms with Gasteiger partial charge in [-0.15, -0.1) is 0 Å². The monoisotopic (exact) mass is 266 g/mol. The van der Waals surface area contributed by atoms with Crippen LogP contribution in [0, 0.1) is 5.92 Å². The minimum Gasteiger partial charge on any atom is -0.409 e. The lowest BCUT2D eigenvalue weighted by Crippen LogP contribution is -2.42. The molecule has 1 unspecified atom stereocenters. The SMILES string of the molecule is CC1CCCN(C(=O)Nc2[nH]ncc2C(N)=NO)C1. The van der Waals surface area contributed by atoms with Crippen LogP contribution in [0.3, 0.4) is 0 Å². The number of amides is 2. The molecular formula is C11H18N6O2. The number of carbonyl (C=O) groups excluding carboxylic acids is 1. The van der Waals surface area contributed by atoms with E-state index in [4.69, 9.17) is 10.9 Å². The van der Waals surface area contributed by atoms with Gasteiger partial charge in [-0.2, -0.15) is 5.10 Å². The number of amidine groups is 1. The molecule has 1 atom stereocenters. The molecule has 0 aliphatic carbocycles. The van der Waals surface area contributed by atoms with Gasteiger partial charge >= 0.3 is 6.03 Å². The zero-order valence-corrected chi connectivity index (χ0v) is 10.8. The second-order valence-corrected chi connectivity index (χ2v) is 4.77. The highest BCUT2D eigenvalue weighted by Crippen LogP contribution is 2.17. The van der Waals surface area contributed by atoms with Crippen LogP contribution in [0.5, 0.6) is 0 Å². The van der Waals surface area contributed by atoms with Crippen molar-refractivity contribution in [3.63, 3.8) is 0 Å². The fraction of sp³-hybridized carbons (Fsp3) is 0.545. The number of nitrogens with zero attached hydrogens (tertiary/aromatic N) is 3. The van der Waals surface area contributed by atoms with E-state index < -0.39 is 0 Å². The van der Waals surface area contributed by atoms with E-state index in [2.05, 4.69) is 27.6 Å². The first-order valence-corrected chi connectivity index (χ1v) is 6.19. The van der Waals surface area contributed by atoms with Gasteiger partial charge in [0, 0.05) is 13.1 Å². The van der Waals surface area contributed by atoms with Crippen LogP contribution < -0.4 is 11.1 Å². The number of carbonyl (C=O) groups is 1. The molecule has 1 aliphatic rings. The Morgan fingerprint density at radius 2 is 2.53 bits per heavy atom. The summed E-state index contributed by atoms with van der Waals surface area (Å²) in [6.07, 6.45) is 3.54. The summed E-state index contributed by atoms with van der Waals surface area (Å²) in [5.74, 6) is 0.736. The average Bonchev–Trinajstić information content (AvgIpc) is 2.86. The molecule has 0 aromatic carbocycles. The molecule has 0 bridgehead atoms. The zero-order valence-electron chi connectivity index (χ0n) is 10.8. The molecule has 1 aromatic rings. The molecule has 104 valence electrons. The zero-order chi connectivity index (χ0) is 13.8. The summed E-state index contributed by atoms with van der Waals surface area (Å²) in [7, 11) is 0. The number of hydrogen-bond donors (Lipinski definition) is 4. The van der Waals surface area contributed by atoms with Gasteiger partial charge in [-0.05, 0) is 18.8 Å². The van der Waals surface area contributed by atoms with Gasteiger partial charge in [0.25, 0.3) is 0 Å². The standard InChI is InChI=1S/C11H18N6O2/c1-7-3-2-4-17(6-7)11(18)14-10-8(5-13-15-10)9(12)16-19/h5,7,19H,2-4,6H2,1H3,(H2,12,16)(H2,13,14,15,18). The van der Waals surface area contributed by atoms with Crippen LogP contribution in [0.4, 0.5) is 10.6 Å². The van der Waals surface area contributed by atoms with Crippen molar-refractivity contribution in [3.8, 4) is 0 Å². The summed E-state index contributed by atoms with van der Waals surface area (Å²) in [6, 6.07) is -0.206. The molecule has 19 heavy (non-hydrogen) atoms. The molecule has 8 heteroatoms. The molecule has 8 nitrogen and oxygen atoms in total. The van der Waals surface area contributed by atoms with E-state index in [-0.39, 0.29) is 11.9 Å². The molecule has 0 spiro atoms. The van der Waals surface area contributed by atoms with Crippen LogP contribution in [0.2, 0.25) is 0 Å². The van der Waals surface area contributed by atoms with Crippen molar-refractivity contribution in [3.05, 3.63) is 11.8 Å². The number of piperidine rings is 1. The summed E-state index contributed by atoms with van der Waals surface area (Å²) >= 11 is 0. The molecule has 0 saturated carbocycles. The topological polar surface area (TPSA) is 120 Å². The Morgan fingerprint density at radius 1 is 1.74 bits per heavy atom. The van der Waals surface area contributed by atoms with Gasteiger partial charge in [0.15, 0.2) is 5.84 Å². The van der Waals surface area contributed by atoms with Crippen molar-refractivity contribution < 1.29 is 10.0 Å². The predicted molar refractivity (Wildman–Crippen MR) is 70.1 cm³/mol. The highest BCUT2D eigenvalue weighted by atomic mass is 16.4.